The molecule has 0 bridgehead atoms. The molecule has 0 fully saturated rings. The van der Waals surface area contributed by atoms with E-state index in [1.165, 1.54) is 0 Å². The van der Waals surface area contributed by atoms with Gasteiger partial charge in [-0.2, -0.15) is 0 Å². The van der Waals surface area contributed by atoms with Gasteiger partial charge in [0.15, 0.2) is 5.78 Å². The molecular weight excluding hydrogens is 346 g/mol. The topological polar surface area (TPSA) is 139 Å². The van der Waals surface area contributed by atoms with Gasteiger partial charge in [-0.05, 0) is 19.3 Å². The lowest BCUT2D eigenvalue weighted by molar-refractivity contribution is -0.145. The number of hydrogen-bond donors (Lipinski definition) is 3. The Morgan fingerprint density at radius 3 is 2.15 bits per heavy atom. The largest absolute Gasteiger partial charge is 0.481 e. The summed E-state index contributed by atoms with van der Waals surface area (Å²) in [5, 5.41) is 20.4. The minimum Gasteiger partial charge on any atom is -0.481 e. The zero-order valence-electron chi connectivity index (χ0n) is 15.4. The summed E-state index contributed by atoms with van der Waals surface area (Å²) in [5.41, 5.74) is 0. The van der Waals surface area contributed by atoms with Crippen molar-refractivity contribution in [3.05, 3.63) is 0 Å². The van der Waals surface area contributed by atoms with Crippen LogP contribution in [-0.2, 0) is 28.7 Å². The maximum Gasteiger partial charge on any atom is 0.326 e. The van der Waals surface area contributed by atoms with E-state index in [4.69, 9.17) is 14.6 Å². The molecule has 0 aliphatic rings. The molecule has 0 aromatic rings. The van der Waals surface area contributed by atoms with Crippen molar-refractivity contribution in [1.29, 1.82) is 0 Å². The lowest BCUT2D eigenvalue weighted by atomic mass is 9.97. The van der Waals surface area contributed by atoms with Crippen molar-refractivity contribution in [2.45, 2.75) is 52.0 Å². The van der Waals surface area contributed by atoms with Crippen molar-refractivity contribution < 1.29 is 38.9 Å². The normalized spacial score (nSPS) is 13.0. The summed E-state index contributed by atoms with van der Waals surface area (Å²) in [7, 11) is 0. The predicted octanol–water partition coefficient (Wildman–Crippen LogP) is 0.849. The minimum absolute atomic E-state index is 0.0530. The van der Waals surface area contributed by atoms with Crippen LogP contribution in [0, 0.1) is 5.92 Å². The summed E-state index contributed by atoms with van der Waals surface area (Å²) in [6.07, 6.45) is 0.649. The highest BCUT2D eigenvalue weighted by Crippen LogP contribution is 2.13. The number of nitrogens with one attached hydrogen (secondary N) is 1. The molecule has 150 valence electrons. The quantitative estimate of drug-likeness (QED) is 0.337. The van der Waals surface area contributed by atoms with E-state index in [-0.39, 0.29) is 44.7 Å². The van der Waals surface area contributed by atoms with Crippen molar-refractivity contribution in [2.24, 2.45) is 5.92 Å². The van der Waals surface area contributed by atoms with Crippen molar-refractivity contribution in [3.8, 4) is 0 Å². The van der Waals surface area contributed by atoms with Crippen LogP contribution < -0.4 is 5.32 Å². The van der Waals surface area contributed by atoms with E-state index in [1.807, 2.05) is 6.92 Å². The number of ketones is 1. The third-order valence-electron chi connectivity index (χ3n) is 3.57. The molecule has 26 heavy (non-hydrogen) atoms. The zero-order chi connectivity index (χ0) is 19.9. The molecule has 0 aliphatic heterocycles. The average Bonchev–Trinajstić information content (AvgIpc) is 2.58. The molecule has 0 unspecified atom stereocenters. The average molecular weight is 375 g/mol. The molecule has 0 saturated carbocycles. The highest BCUT2D eigenvalue weighted by Gasteiger charge is 2.23. The Morgan fingerprint density at radius 2 is 1.62 bits per heavy atom. The Morgan fingerprint density at radius 1 is 0.962 bits per heavy atom. The third-order valence-corrected chi connectivity index (χ3v) is 3.57. The molecule has 0 aromatic carbocycles. The van der Waals surface area contributed by atoms with Gasteiger partial charge in [-0.25, -0.2) is 4.79 Å². The summed E-state index contributed by atoms with van der Waals surface area (Å²) >= 11 is 0. The second-order valence-electron chi connectivity index (χ2n) is 5.85. The van der Waals surface area contributed by atoms with Gasteiger partial charge in [0.2, 0.25) is 5.91 Å². The highest BCUT2D eigenvalue weighted by atomic mass is 16.5. The molecular formula is C17H29NO8. The molecule has 0 saturated heterocycles. The first-order valence-corrected chi connectivity index (χ1v) is 8.73. The summed E-state index contributed by atoms with van der Waals surface area (Å²) in [6.45, 7) is 4.61. The maximum atomic E-state index is 11.8. The molecule has 2 atom stereocenters. The van der Waals surface area contributed by atoms with E-state index < -0.39 is 29.8 Å². The maximum absolute atomic E-state index is 11.8. The van der Waals surface area contributed by atoms with E-state index >= 15 is 0 Å². The van der Waals surface area contributed by atoms with Crippen LogP contribution in [0.2, 0.25) is 0 Å². The fourth-order valence-electron chi connectivity index (χ4n) is 2.11. The van der Waals surface area contributed by atoms with Gasteiger partial charge in [-0.15, -0.1) is 0 Å². The number of carboxylic acids is 2. The first-order valence-electron chi connectivity index (χ1n) is 8.73. The summed E-state index contributed by atoms with van der Waals surface area (Å²) in [5.74, 6) is -4.26. The minimum atomic E-state index is -1.18. The number of carboxylic acid groups (broad SMARTS) is 2. The van der Waals surface area contributed by atoms with Crippen LogP contribution in [0.1, 0.15) is 46.0 Å². The van der Waals surface area contributed by atoms with Crippen LogP contribution in [0.25, 0.3) is 0 Å². The fourth-order valence-corrected chi connectivity index (χ4v) is 2.11. The van der Waals surface area contributed by atoms with Crippen LogP contribution in [0.15, 0.2) is 0 Å². The third kappa shape index (κ3) is 11.5. The van der Waals surface area contributed by atoms with Gasteiger partial charge >= 0.3 is 11.9 Å². The Labute approximate surface area is 153 Å². The fraction of sp³-hybridized carbons (Fsp3) is 0.765. The first-order chi connectivity index (χ1) is 12.3. The number of carbonyl (C=O) groups is 4. The molecule has 9 nitrogen and oxygen atoms in total. The molecule has 3 N–H and O–H groups in total. The Bertz CT molecular complexity index is 466. The number of carbonyl (C=O) groups excluding carboxylic acids is 2. The number of rotatable bonds is 16. The van der Waals surface area contributed by atoms with Gasteiger partial charge in [0.25, 0.3) is 0 Å². The molecule has 0 spiro atoms. The van der Waals surface area contributed by atoms with E-state index in [2.05, 4.69) is 5.32 Å². The van der Waals surface area contributed by atoms with Crippen molar-refractivity contribution >= 4 is 23.6 Å². The zero-order valence-corrected chi connectivity index (χ0v) is 15.4. The van der Waals surface area contributed by atoms with Crippen LogP contribution in [0.4, 0.5) is 0 Å². The Balaban J connectivity index is 4.19. The van der Waals surface area contributed by atoms with Crippen LogP contribution in [0.5, 0.6) is 0 Å². The predicted molar refractivity (Wildman–Crippen MR) is 91.8 cm³/mol. The van der Waals surface area contributed by atoms with Crippen LogP contribution in [0.3, 0.4) is 0 Å². The number of aliphatic carboxylic acids is 2. The van der Waals surface area contributed by atoms with Gasteiger partial charge < -0.3 is 25.0 Å². The van der Waals surface area contributed by atoms with E-state index in [0.29, 0.717) is 13.2 Å². The van der Waals surface area contributed by atoms with Crippen molar-refractivity contribution in [3.63, 3.8) is 0 Å². The van der Waals surface area contributed by atoms with Crippen molar-refractivity contribution in [2.75, 3.05) is 26.4 Å². The highest BCUT2D eigenvalue weighted by molar-refractivity contribution is 5.86. The van der Waals surface area contributed by atoms with Gasteiger partial charge in [-0.3, -0.25) is 14.4 Å². The molecule has 0 radical (unpaired) electrons. The van der Waals surface area contributed by atoms with Gasteiger partial charge in [0.1, 0.15) is 12.6 Å². The van der Waals surface area contributed by atoms with Gasteiger partial charge in [-0.1, -0.05) is 13.8 Å². The first kappa shape index (κ1) is 24.0. The Kier molecular flexibility index (Phi) is 13.1. The standard InChI is InChI=1S/C17H29NO8/c1-3-7-25-8-9-26-11-13(19)10-12(16(21)22)5-6-15(20)18-14(4-2)17(23)24/h12,14H,3-11H2,1-2H3,(H,18,20)(H,21,22)(H,23,24)/t12-,14+/m1/s1. The summed E-state index contributed by atoms with van der Waals surface area (Å²) < 4.78 is 10.3. The number of amides is 1. The second kappa shape index (κ2) is 14.2. The van der Waals surface area contributed by atoms with Gasteiger partial charge in [0, 0.05) is 19.4 Å². The molecule has 0 heterocycles. The smallest absolute Gasteiger partial charge is 0.326 e. The summed E-state index contributed by atoms with van der Waals surface area (Å²) in [4.78, 5) is 45.6. The lowest BCUT2D eigenvalue weighted by Gasteiger charge is -2.14. The second-order valence-corrected chi connectivity index (χ2v) is 5.85. The van der Waals surface area contributed by atoms with E-state index in [0.717, 1.165) is 6.42 Å². The summed E-state index contributed by atoms with van der Waals surface area (Å²) in [6, 6.07) is -1.00. The van der Waals surface area contributed by atoms with E-state index in [9.17, 15) is 24.3 Å². The molecule has 0 rings (SSSR count). The van der Waals surface area contributed by atoms with Crippen LogP contribution >= 0.6 is 0 Å². The van der Waals surface area contributed by atoms with Crippen molar-refractivity contribution in [1.82, 2.24) is 5.32 Å². The number of ether oxygens (including phenoxy) is 2. The lowest BCUT2D eigenvalue weighted by Crippen LogP contribution is -2.40. The molecule has 1 amide bonds. The number of hydrogen-bond acceptors (Lipinski definition) is 6. The molecule has 0 aromatic heterocycles. The molecule has 9 heteroatoms. The van der Waals surface area contributed by atoms with Crippen LogP contribution in [-0.4, -0.2) is 66.3 Å². The van der Waals surface area contributed by atoms with E-state index in [1.54, 1.807) is 6.92 Å². The number of Topliss-reactive ketones (excluding diaryl/α,β-unsaturated/α-hetero) is 1. The Hall–Kier alpha value is -2.00. The molecule has 0 aliphatic carbocycles. The van der Waals surface area contributed by atoms with Gasteiger partial charge in [0.05, 0.1) is 19.1 Å². The SMILES string of the molecule is CCCOCCOCC(=O)C[C@@H](CCC(=O)N[C@@H](CC)C(=O)O)C(=O)O. The monoisotopic (exact) mass is 375 g/mol.